The SMILES string of the molecule is O=S(=O)(Nc1ccnc(Cl)n1)c1ccc(Br)cc1Br. The van der Waals surface area contributed by atoms with Crippen LogP contribution in [0.25, 0.3) is 0 Å². The molecule has 0 saturated heterocycles. The number of nitrogens with zero attached hydrogens (tertiary/aromatic N) is 2. The summed E-state index contributed by atoms with van der Waals surface area (Å²) in [5.41, 5.74) is 0. The van der Waals surface area contributed by atoms with Gasteiger partial charge in [-0.1, -0.05) is 15.9 Å². The first kappa shape index (κ1) is 14.7. The first-order valence-electron chi connectivity index (χ1n) is 4.85. The van der Waals surface area contributed by atoms with Gasteiger partial charge in [0.2, 0.25) is 5.28 Å². The molecule has 0 aliphatic heterocycles. The van der Waals surface area contributed by atoms with Gasteiger partial charge in [-0.05, 0) is 51.8 Å². The van der Waals surface area contributed by atoms with Crippen LogP contribution in [0.1, 0.15) is 0 Å². The zero-order chi connectivity index (χ0) is 14.0. The fourth-order valence-corrected chi connectivity index (χ4v) is 4.17. The molecule has 0 atom stereocenters. The summed E-state index contributed by atoms with van der Waals surface area (Å²) in [6.45, 7) is 0. The van der Waals surface area contributed by atoms with Crippen molar-refractivity contribution < 1.29 is 8.42 Å². The topological polar surface area (TPSA) is 72.0 Å². The summed E-state index contributed by atoms with van der Waals surface area (Å²) in [6.07, 6.45) is 1.36. The molecule has 0 aliphatic rings. The Hall–Kier alpha value is -0.700. The number of aromatic nitrogens is 2. The molecule has 0 fully saturated rings. The summed E-state index contributed by atoms with van der Waals surface area (Å²) in [4.78, 5) is 7.55. The molecule has 1 N–H and O–H groups in total. The number of hydrogen-bond acceptors (Lipinski definition) is 4. The molecule has 2 aromatic rings. The first-order chi connectivity index (χ1) is 8.88. The van der Waals surface area contributed by atoms with Crippen LogP contribution in [0.5, 0.6) is 0 Å². The van der Waals surface area contributed by atoms with Crippen molar-refractivity contribution in [1.82, 2.24) is 9.97 Å². The molecule has 0 bridgehead atoms. The summed E-state index contributed by atoms with van der Waals surface area (Å²) in [5, 5.41) is -0.0323. The lowest BCUT2D eigenvalue weighted by molar-refractivity contribution is 0.600. The Morgan fingerprint density at radius 1 is 1.21 bits per heavy atom. The van der Waals surface area contributed by atoms with Crippen LogP contribution in [0.15, 0.2) is 44.3 Å². The summed E-state index contributed by atoms with van der Waals surface area (Å²) in [5.74, 6) is 0.106. The number of rotatable bonds is 3. The fourth-order valence-electron chi connectivity index (χ4n) is 1.28. The first-order valence-corrected chi connectivity index (χ1v) is 8.29. The third-order valence-electron chi connectivity index (χ3n) is 2.05. The molecular weight excluding hydrogens is 421 g/mol. The van der Waals surface area contributed by atoms with Crippen LogP contribution in [0.4, 0.5) is 5.82 Å². The van der Waals surface area contributed by atoms with Crippen LogP contribution in [0.3, 0.4) is 0 Å². The second kappa shape index (κ2) is 5.74. The Morgan fingerprint density at radius 3 is 2.58 bits per heavy atom. The van der Waals surface area contributed by atoms with Gasteiger partial charge in [-0.25, -0.2) is 13.4 Å². The molecule has 0 amide bonds. The smallest absolute Gasteiger partial charge is 0.263 e. The molecule has 9 heteroatoms. The van der Waals surface area contributed by atoms with E-state index in [4.69, 9.17) is 11.6 Å². The molecule has 0 unspecified atom stereocenters. The van der Waals surface area contributed by atoms with Crippen molar-refractivity contribution in [3.8, 4) is 0 Å². The van der Waals surface area contributed by atoms with Gasteiger partial charge in [0.05, 0.1) is 0 Å². The average molecular weight is 428 g/mol. The Bertz CT molecular complexity index is 724. The lowest BCUT2D eigenvalue weighted by Crippen LogP contribution is -2.14. The maximum atomic E-state index is 12.2. The molecule has 0 radical (unpaired) electrons. The monoisotopic (exact) mass is 425 g/mol. The highest BCUT2D eigenvalue weighted by molar-refractivity contribution is 9.11. The third-order valence-corrected chi connectivity index (χ3v) is 5.06. The van der Waals surface area contributed by atoms with E-state index in [9.17, 15) is 8.42 Å². The van der Waals surface area contributed by atoms with E-state index in [1.54, 1.807) is 12.1 Å². The summed E-state index contributed by atoms with van der Waals surface area (Å²) in [7, 11) is -3.74. The molecule has 1 aromatic carbocycles. The van der Waals surface area contributed by atoms with Crippen molar-refractivity contribution in [3.63, 3.8) is 0 Å². The molecule has 0 aliphatic carbocycles. The van der Waals surface area contributed by atoms with Crippen LogP contribution in [0.2, 0.25) is 5.28 Å². The van der Waals surface area contributed by atoms with Crippen LogP contribution in [-0.2, 0) is 10.0 Å². The van der Waals surface area contributed by atoms with E-state index in [0.29, 0.717) is 4.47 Å². The molecule has 5 nitrogen and oxygen atoms in total. The molecule has 100 valence electrons. The van der Waals surface area contributed by atoms with Gasteiger partial charge >= 0.3 is 0 Å². The van der Waals surface area contributed by atoms with E-state index in [1.807, 2.05) is 0 Å². The van der Waals surface area contributed by atoms with E-state index >= 15 is 0 Å². The third kappa shape index (κ3) is 3.65. The quantitative estimate of drug-likeness (QED) is 0.762. The van der Waals surface area contributed by atoms with Gasteiger partial charge in [0.1, 0.15) is 10.7 Å². The molecule has 2 rings (SSSR count). The van der Waals surface area contributed by atoms with E-state index in [0.717, 1.165) is 4.47 Å². The van der Waals surface area contributed by atoms with E-state index in [-0.39, 0.29) is 16.0 Å². The maximum Gasteiger partial charge on any atom is 0.264 e. The lowest BCUT2D eigenvalue weighted by Gasteiger charge is -2.09. The minimum absolute atomic E-state index is 0.0323. The van der Waals surface area contributed by atoms with Crippen LogP contribution in [0, 0.1) is 0 Å². The molecule has 19 heavy (non-hydrogen) atoms. The van der Waals surface area contributed by atoms with Crippen molar-refractivity contribution in [2.75, 3.05) is 4.72 Å². The van der Waals surface area contributed by atoms with E-state index in [2.05, 4.69) is 46.5 Å². The Morgan fingerprint density at radius 2 is 1.95 bits per heavy atom. The highest BCUT2D eigenvalue weighted by Crippen LogP contribution is 2.27. The summed E-state index contributed by atoms with van der Waals surface area (Å²) < 4.78 is 27.9. The van der Waals surface area contributed by atoms with Gasteiger partial charge in [-0.3, -0.25) is 4.72 Å². The second-order valence-electron chi connectivity index (χ2n) is 3.39. The van der Waals surface area contributed by atoms with E-state index < -0.39 is 10.0 Å². The lowest BCUT2D eigenvalue weighted by atomic mass is 10.4. The van der Waals surface area contributed by atoms with Gasteiger partial charge in [-0.15, -0.1) is 0 Å². The number of anilines is 1. The Balaban J connectivity index is 2.38. The molecular formula is C10H6Br2ClN3O2S. The standard InChI is InChI=1S/C10H6Br2ClN3O2S/c11-6-1-2-8(7(12)5-6)19(17,18)16-9-3-4-14-10(13)15-9/h1-5H,(H,14,15,16). The zero-order valence-electron chi connectivity index (χ0n) is 9.14. The van der Waals surface area contributed by atoms with Crippen LogP contribution >= 0.6 is 43.5 Å². The van der Waals surface area contributed by atoms with Crippen molar-refractivity contribution in [1.29, 1.82) is 0 Å². The number of halogens is 3. The fraction of sp³-hybridized carbons (Fsp3) is 0. The van der Waals surface area contributed by atoms with Gasteiger partial charge in [0, 0.05) is 15.1 Å². The minimum atomic E-state index is -3.74. The zero-order valence-corrected chi connectivity index (χ0v) is 13.9. The van der Waals surface area contributed by atoms with Gasteiger partial charge in [-0.2, -0.15) is 4.98 Å². The Labute approximate surface area is 131 Å². The number of sulfonamides is 1. The average Bonchev–Trinajstić information content (AvgIpc) is 2.27. The summed E-state index contributed by atoms with van der Waals surface area (Å²) >= 11 is 12.1. The summed E-state index contributed by atoms with van der Waals surface area (Å²) in [6, 6.07) is 6.16. The van der Waals surface area contributed by atoms with Gasteiger partial charge in [0.25, 0.3) is 10.0 Å². The minimum Gasteiger partial charge on any atom is -0.263 e. The maximum absolute atomic E-state index is 12.2. The van der Waals surface area contributed by atoms with Crippen molar-refractivity contribution in [2.24, 2.45) is 0 Å². The molecule has 1 heterocycles. The predicted octanol–water partition coefficient (Wildman–Crippen LogP) is 3.46. The highest BCUT2D eigenvalue weighted by Gasteiger charge is 2.18. The van der Waals surface area contributed by atoms with Gasteiger partial charge in [0.15, 0.2) is 0 Å². The molecule has 0 spiro atoms. The highest BCUT2D eigenvalue weighted by atomic mass is 79.9. The predicted molar refractivity (Wildman–Crippen MR) is 79.7 cm³/mol. The van der Waals surface area contributed by atoms with Crippen LogP contribution < -0.4 is 4.72 Å². The number of benzene rings is 1. The number of nitrogens with one attached hydrogen (secondary N) is 1. The second-order valence-corrected chi connectivity index (χ2v) is 7.15. The number of hydrogen-bond donors (Lipinski definition) is 1. The molecule has 0 saturated carbocycles. The van der Waals surface area contributed by atoms with E-state index in [1.165, 1.54) is 18.3 Å². The molecule has 1 aromatic heterocycles. The van der Waals surface area contributed by atoms with Crippen molar-refractivity contribution in [2.45, 2.75) is 4.90 Å². The van der Waals surface area contributed by atoms with Crippen molar-refractivity contribution >= 4 is 59.3 Å². The van der Waals surface area contributed by atoms with Crippen molar-refractivity contribution in [3.05, 3.63) is 44.7 Å². The van der Waals surface area contributed by atoms with Gasteiger partial charge < -0.3 is 0 Å². The largest absolute Gasteiger partial charge is 0.264 e. The Kier molecular flexibility index (Phi) is 4.44. The van der Waals surface area contributed by atoms with Crippen LogP contribution in [-0.4, -0.2) is 18.4 Å². The normalized spacial score (nSPS) is 11.3.